The first-order chi connectivity index (χ1) is 9.74. The minimum absolute atomic E-state index is 0.468. The molecule has 0 aliphatic heterocycles. The summed E-state index contributed by atoms with van der Waals surface area (Å²) in [6, 6.07) is 0.468. The first kappa shape index (κ1) is 15.8. The first-order valence-corrected chi connectivity index (χ1v) is 8.99. The number of aromatic nitrogens is 2. The minimum atomic E-state index is 0.468. The van der Waals surface area contributed by atoms with Crippen LogP contribution in [0.5, 0.6) is 0 Å². The zero-order valence-electron chi connectivity index (χ0n) is 13.0. The second-order valence-corrected chi connectivity index (χ2v) is 7.04. The predicted molar refractivity (Wildman–Crippen MR) is 87.1 cm³/mol. The van der Waals surface area contributed by atoms with Crippen molar-refractivity contribution in [3.8, 4) is 0 Å². The highest BCUT2D eigenvalue weighted by Gasteiger charge is 2.21. The van der Waals surface area contributed by atoms with Gasteiger partial charge in [0.05, 0.1) is 5.75 Å². The molecular weight excluding hydrogens is 266 g/mol. The van der Waals surface area contributed by atoms with Crippen molar-refractivity contribution in [2.45, 2.75) is 69.9 Å². The number of thioether (sulfide) groups is 1. The summed E-state index contributed by atoms with van der Waals surface area (Å²) in [5.41, 5.74) is 2.61. The van der Waals surface area contributed by atoms with Gasteiger partial charge in [0.2, 0.25) is 0 Å². The van der Waals surface area contributed by atoms with Crippen molar-refractivity contribution < 1.29 is 0 Å². The number of hydrogen-bond donors (Lipinski definition) is 1. The Hall–Kier alpha value is -0.610. The summed E-state index contributed by atoms with van der Waals surface area (Å²) in [6.07, 6.45) is 8.03. The van der Waals surface area contributed by atoms with Crippen LogP contribution in [0.25, 0.3) is 0 Å². The van der Waals surface area contributed by atoms with Crippen molar-refractivity contribution in [1.29, 1.82) is 0 Å². The van der Waals surface area contributed by atoms with Crippen LogP contribution in [-0.4, -0.2) is 21.8 Å². The molecule has 4 heteroatoms. The van der Waals surface area contributed by atoms with Gasteiger partial charge in [-0.25, -0.2) is 9.97 Å². The Balaban J connectivity index is 2.03. The van der Waals surface area contributed by atoms with E-state index >= 15 is 0 Å². The van der Waals surface area contributed by atoms with E-state index in [1.165, 1.54) is 36.9 Å². The van der Waals surface area contributed by atoms with Crippen molar-refractivity contribution >= 4 is 11.8 Å². The second kappa shape index (κ2) is 7.99. The monoisotopic (exact) mass is 293 g/mol. The number of hydrogen-bond acceptors (Lipinski definition) is 4. The Bertz CT molecular complexity index is 422. The summed E-state index contributed by atoms with van der Waals surface area (Å²) in [5.74, 6) is 1.94. The Morgan fingerprint density at radius 3 is 3.05 bits per heavy atom. The van der Waals surface area contributed by atoms with Gasteiger partial charge in [-0.3, -0.25) is 0 Å². The largest absolute Gasteiger partial charge is 0.310 e. The standard InChI is InChI=1S/C16H27N3S/c1-4-9-17-14-7-6-8-15-13(14)10-18-16(19-15)11-20-12(3)5-2/h10,12,14,17H,4-9,11H2,1-3H3. The fourth-order valence-corrected chi connectivity index (χ4v) is 3.33. The average molecular weight is 293 g/mol. The van der Waals surface area contributed by atoms with E-state index in [1.54, 1.807) is 0 Å². The van der Waals surface area contributed by atoms with E-state index in [9.17, 15) is 0 Å². The summed E-state index contributed by atoms with van der Waals surface area (Å²) in [6.45, 7) is 7.79. The van der Waals surface area contributed by atoms with Crippen LogP contribution >= 0.6 is 11.8 Å². The lowest BCUT2D eigenvalue weighted by Gasteiger charge is -2.25. The van der Waals surface area contributed by atoms with Crippen LogP contribution < -0.4 is 5.32 Å². The number of nitrogens with one attached hydrogen (secondary N) is 1. The van der Waals surface area contributed by atoms with E-state index in [1.807, 2.05) is 11.8 Å². The maximum atomic E-state index is 4.81. The lowest BCUT2D eigenvalue weighted by molar-refractivity contribution is 0.452. The molecule has 0 saturated heterocycles. The number of nitrogens with zero attached hydrogens (tertiary/aromatic N) is 2. The van der Waals surface area contributed by atoms with Crippen molar-refractivity contribution in [1.82, 2.24) is 15.3 Å². The highest BCUT2D eigenvalue weighted by Crippen LogP contribution is 2.28. The molecule has 112 valence electrons. The number of aryl methyl sites for hydroxylation is 1. The summed E-state index contributed by atoms with van der Waals surface area (Å²) in [7, 11) is 0. The molecule has 1 aliphatic rings. The van der Waals surface area contributed by atoms with Gasteiger partial charge < -0.3 is 5.32 Å². The van der Waals surface area contributed by atoms with Crippen molar-refractivity contribution in [2.24, 2.45) is 0 Å². The van der Waals surface area contributed by atoms with Gasteiger partial charge in [0.15, 0.2) is 0 Å². The van der Waals surface area contributed by atoms with Crippen molar-refractivity contribution in [3.05, 3.63) is 23.3 Å². The number of fused-ring (bicyclic) bond motifs is 1. The molecule has 0 amide bonds. The molecule has 0 aromatic carbocycles. The van der Waals surface area contributed by atoms with Crippen LogP contribution in [0.2, 0.25) is 0 Å². The molecule has 1 aromatic heterocycles. The topological polar surface area (TPSA) is 37.8 Å². The maximum Gasteiger partial charge on any atom is 0.138 e. The highest BCUT2D eigenvalue weighted by atomic mass is 32.2. The third kappa shape index (κ3) is 4.19. The molecule has 3 nitrogen and oxygen atoms in total. The molecule has 0 saturated carbocycles. The molecular formula is C16H27N3S. The lowest BCUT2D eigenvalue weighted by atomic mass is 9.92. The zero-order valence-corrected chi connectivity index (χ0v) is 13.8. The third-order valence-corrected chi connectivity index (χ3v) is 5.27. The molecule has 1 N–H and O–H groups in total. The van der Waals surface area contributed by atoms with E-state index < -0.39 is 0 Å². The van der Waals surface area contributed by atoms with Crippen LogP contribution in [-0.2, 0) is 12.2 Å². The van der Waals surface area contributed by atoms with Gasteiger partial charge in [-0.2, -0.15) is 11.8 Å². The summed E-state index contributed by atoms with van der Waals surface area (Å²) >= 11 is 1.95. The molecule has 2 unspecified atom stereocenters. The fourth-order valence-electron chi connectivity index (χ4n) is 2.52. The van der Waals surface area contributed by atoms with Gasteiger partial charge in [-0.15, -0.1) is 0 Å². The Labute approximate surface area is 127 Å². The molecule has 0 bridgehead atoms. The molecule has 1 heterocycles. The number of rotatable bonds is 7. The summed E-state index contributed by atoms with van der Waals surface area (Å²) in [4.78, 5) is 9.39. The lowest BCUT2D eigenvalue weighted by Crippen LogP contribution is -2.27. The van der Waals surface area contributed by atoms with Crippen molar-refractivity contribution in [2.75, 3.05) is 6.54 Å². The summed E-state index contributed by atoms with van der Waals surface area (Å²) < 4.78 is 0. The van der Waals surface area contributed by atoms with Crippen LogP contribution in [0, 0.1) is 0 Å². The third-order valence-electron chi connectivity index (χ3n) is 3.94. The van der Waals surface area contributed by atoms with Gasteiger partial charge >= 0.3 is 0 Å². The molecule has 0 radical (unpaired) electrons. The van der Waals surface area contributed by atoms with Crippen LogP contribution in [0.4, 0.5) is 0 Å². The molecule has 20 heavy (non-hydrogen) atoms. The van der Waals surface area contributed by atoms with Crippen LogP contribution in [0.3, 0.4) is 0 Å². The quantitative estimate of drug-likeness (QED) is 0.828. The Kier molecular flexibility index (Phi) is 6.30. The Morgan fingerprint density at radius 1 is 1.45 bits per heavy atom. The minimum Gasteiger partial charge on any atom is -0.310 e. The molecule has 0 spiro atoms. The fraction of sp³-hybridized carbons (Fsp3) is 0.750. The van der Waals surface area contributed by atoms with Gasteiger partial charge in [0.1, 0.15) is 5.82 Å². The van der Waals surface area contributed by atoms with E-state index in [4.69, 9.17) is 4.98 Å². The zero-order chi connectivity index (χ0) is 14.4. The van der Waals surface area contributed by atoms with Gasteiger partial charge in [0, 0.05) is 28.7 Å². The highest BCUT2D eigenvalue weighted by molar-refractivity contribution is 7.99. The molecule has 0 fully saturated rings. The average Bonchev–Trinajstić information content (AvgIpc) is 2.50. The molecule has 1 aliphatic carbocycles. The Morgan fingerprint density at radius 2 is 2.30 bits per heavy atom. The SMILES string of the molecule is CCCNC1CCCc2nc(CSC(C)CC)ncc21. The van der Waals surface area contributed by atoms with Crippen molar-refractivity contribution in [3.63, 3.8) is 0 Å². The maximum absolute atomic E-state index is 4.81. The van der Waals surface area contributed by atoms with E-state index in [0.717, 1.165) is 24.5 Å². The van der Waals surface area contributed by atoms with Gasteiger partial charge in [-0.05, 0) is 38.6 Å². The van der Waals surface area contributed by atoms with Gasteiger partial charge in [0.25, 0.3) is 0 Å². The van der Waals surface area contributed by atoms with Crippen LogP contribution in [0.15, 0.2) is 6.20 Å². The molecule has 2 atom stereocenters. The smallest absolute Gasteiger partial charge is 0.138 e. The first-order valence-electron chi connectivity index (χ1n) is 7.94. The molecule has 2 rings (SSSR count). The molecule has 1 aromatic rings. The van der Waals surface area contributed by atoms with E-state index in [2.05, 4.69) is 37.3 Å². The van der Waals surface area contributed by atoms with E-state index in [0.29, 0.717) is 11.3 Å². The summed E-state index contributed by atoms with van der Waals surface area (Å²) in [5, 5.41) is 4.31. The van der Waals surface area contributed by atoms with Gasteiger partial charge in [-0.1, -0.05) is 20.8 Å². The van der Waals surface area contributed by atoms with Crippen LogP contribution in [0.1, 0.15) is 69.6 Å². The normalized spacial score (nSPS) is 19.6. The second-order valence-electron chi connectivity index (χ2n) is 5.62. The van der Waals surface area contributed by atoms with E-state index in [-0.39, 0.29) is 0 Å². The predicted octanol–water partition coefficient (Wildman–Crippen LogP) is 3.89.